The Morgan fingerprint density at radius 3 is 1.46 bits per heavy atom. The monoisotopic (exact) mass is 638 g/mol. The first-order valence-corrected chi connectivity index (χ1v) is 10.4. The van der Waals surface area contributed by atoms with Gasteiger partial charge in [-0.15, -0.1) is 0 Å². The Labute approximate surface area is 192 Å². The van der Waals surface area contributed by atoms with E-state index in [0.717, 1.165) is 0 Å². The van der Waals surface area contributed by atoms with Gasteiger partial charge >= 0.3 is 11.8 Å². The number of phenolic OH excluding ortho intramolecular Hbond substituents is 2. The van der Waals surface area contributed by atoms with E-state index in [2.05, 4.69) is 73.9 Å². The standard InChI is InChI=1S/C16H10Br4N4O4/c17-9-1-7(13(25)11(19)3-9)5-21-23-15(27)16(28)24-22-6-8-2-10(18)4-12(20)14(8)26/h1-6,25-26H,(H,23,27)(H,24,28). The summed E-state index contributed by atoms with van der Waals surface area (Å²) in [6.45, 7) is 0. The fraction of sp³-hybridized carbons (Fsp3) is 0. The molecule has 0 aromatic heterocycles. The van der Waals surface area contributed by atoms with E-state index in [1.807, 2.05) is 10.9 Å². The number of phenols is 2. The van der Waals surface area contributed by atoms with Crippen molar-refractivity contribution in [2.45, 2.75) is 0 Å². The summed E-state index contributed by atoms with van der Waals surface area (Å²) >= 11 is 12.9. The smallest absolute Gasteiger partial charge is 0.331 e. The summed E-state index contributed by atoms with van der Waals surface area (Å²) in [5.74, 6) is -2.28. The number of nitrogens with one attached hydrogen (secondary N) is 2. The Kier molecular flexibility index (Phi) is 8.16. The van der Waals surface area contributed by atoms with Crippen LogP contribution in [0, 0.1) is 0 Å². The van der Waals surface area contributed by atoms with Gasteiger partial charge in [-0.1, -0.05) is 31.9 Å². The maximum atomic E-state index is 11.7. The summed E-state index contributed by atoms with van der Waals surface area (Å²) in [5, 5.41) is 27.0. The second-order valence-corrected chi connectivity index (χ2v) is 8.59. The predicted molar refractivity (Wildman–Crippen MR) is 118 cm³/mol. The summed E-state index contributed by atoms with van der Waals surface area (Å²) in [5.41, 5.74) is 4.66. The van der Waals surface area contributed by atoms with Crippen LogP contribution in [0.4, 0.5) is 0 Å². The molecule has 146 valence electrons. The lowest BCUT2D eigenvalue weighted by atomic mass is 10.2. The molecule has 4 N–H and O–H groups in total. The first-order valence-electron chi connectivity index (χ1n) is 7.21. The topological polar surface area (TPSA) is 123 Å². The molecule has 28 heavy (non-hydrogen) atoms. The van der Waals surface area contributed by atoms with Crippen molar-refractivity contribution >= 4 is 88.0 Å². The lowest BCUT2D eigenvalue weighted by Gasteiger charge is -2.03. The average Bonchev–Trinajstić information content (AvgIpc) is 2.62. The summed E-state index contributed by atoms with van der Waals surface area (Å²) in [7, 11) is 0. The fourth-order valence-corrected chi connectivity index (χ4v) is 4.31. The van der Waals surface area contributed by atoms with Gasteiger partial charge in [-0.05, 0) is 56.1 Å². The molecule has 0 saturated heterocycles. The maximum absolute atomic E-state index is 11.7. The van der Waals surface area contributed by atoms with E-state index in [9.17, 15) is 19.8 Å². The van der Waals surface area contributed by atoms with Gasteiger partial charge in [0.25, 0.3) is 0 Å². The Morgan fingerprint density at radius 1 is 0.750 bits per heavy atom. The van der Waals surface area contributed by atoms with E-state index in [1.54, 1.807) is 24.3 Å². The van der Waals surface area contributed by atoms with Crippen LogP contribution >= 0.6 is 63.7 Å². The van der Waals surface area contributed by atoms with Crippen molar-refractivity contribution in [3.8, 4) is 11.5 Å². The van der Waals surface area contributed by atoms with Crippen molar-refractivity contribution in [1.29, 1.82) is 0 Å². The maximum Gasteiger partial charge on any atom is 0.331 e. The quantitative estimate of drug-likeness (QED) is 0.231. The Morgan fingerprint density at radius 2 is 1.11 bits per heavy atom. The Hall–Kier alpha value is -1.76. The van der Waals surface area contributed by atoms with E-state index in [0.29, 0.717) is 29.0 Å². The van der Waals surface area contributed by atoms with Crippen LogP contribution in [-0.2, 0) is 9.59 Å². The highest BCUT2D eigenvalue weighted by molar-refractivity contribution is 9.11. The lowest BCUT2D eigenvalue weighted by Crippen LogP contribution is -2.35. The molecule has 0 radical (unpaired) electrons. The van der Waals surface area contributed by atoms with Gasteiger partial charge in [0.05, 0.1) is 21.4 Å². The molecule has 0 bridgehead atoms. The van der Waals surface area contributed by atoms with Crippen LogP contribution in [0.2, 0.25) is 0 Å². The van der Waals surface area contributed by atoms with Gasteiger partial charge in [0.2, 0.25) is 0 Å². The third kappa shape index (κ3) is 6.12. The molecular formula is C16H10Br4N4O4. The molecule has 0 spiro atoms. The van der Waals surface area contributed by atoms with E-state index in [-0.39, 0.29) is 11.5 Å². The molecule has 2 aromatic rings. The minimum absolute atomic E-state index is 0.0739. The van der Waals surface area contributed by atoms with Crippen molar-refractivity contribution in [2.24, 2.45) is 10.2 Å². The molecule has 0 fully saturated rings. The number of carbonyl (C=O) groups is 2. The Balaban J connectivity index is 1.96. The highest BCUT2D eigenvalue weighted by Gasteiger charge is 2.12. The number of hydrogen-bond donors (Lipinski definition) is 4. The van der Waals surface area contributed by atoms with Gasteiger partial charge in [-0.3, -0.25) is 9.59 Å². The van der Waals surface area contributed by atoms with Gasteiger partial charge < -0.3 is 10.2 Å². The molecule has 0 atom stereocenters. The number of hydrogen-bond acceptors (Lipinski definition) is 6. The van der Waals surface area contributed by atoms with Crippen LogP contribution in [0.3, 0.4) is 0 Å². The SMILES string of the molecule is O=C(NN=Cc1cc(Br)cc(Br)c1O)C(=O)NN=Cc1cc(Br)cc(Br)c1O. The second-order valence-electron chi connectivity index (χ2n) is 5.05. The van der Waals surface area contributed by atoms with E-state index in [4.69, 9.17) is 0 Å². The van der Waals surface area contributed by atoms with Crippen molar-refractivity contribution in [2.75, 3.05) is 0 Å². The number of hydrazone groups is 2. The van der Waals surface area contributed by atoms with E-state index < -0.39 is 11.8 Å². The second kappa shape index (κ2) is 10.1. The van der Waals surface area contributed by atoms with Crippen LogP contribution in [0.1, 0.15) is 11.1 Å². The van der Waals surface area contributed by atoms with Gasteiger partial charge in [0.1, 0.15) is 11.5 Å². The predicted octanol–water partition coefficient (Wildman–Crippen LogP) is 3.75. The zero-order valence-corrected chi connectivity index (χ0v) is 19.9. The normalized spacial score (nSPS) is 11.1. The fourth-order valence-electron chi connectivity index (χ4n) is 1.79. The van der Waals surface area contributed by atoms with Gasteiger partial charge in [-0.25, -0.2) is 10.9 Å². The molecule has 0 aliphatic rings. The van der Waals surface area contributed by atoms with Crippen molar-refractivity contribution in [1.82, 2.24) is 10.9 Å². The van der Waals surface area contributed by atoms with Crippen LogP contribution in [0.25, 0.3) is 0 Å². The van der Waals surface area contributed by atoms with Crippen LogP contribution in [0.15, 0.2) is 52.4 Å². The highest BCUT2D eigenvalue weighted by atomic mass is 79.9. The summed E-state index contributed by atoms with van der Waals surface area (Å²) < 4.78 is 2.23. The molecule has 0 aliphatic carbocycles. The summed E-state index contributed by atoms with van der Waals surface area (Å²) in [4.78, 5) is 23.4. The third-order valence-corrected chi connectivity index (χ3v) is 5.19. The number of halogens is 4. The number of benzene rings is 2. The zero-order valence-electron chi connectivity index (χ0n) is 13.6. The molecule has 2 rings (SSSR count). The van der Waals surface area contributed by atoms with Crippen LogP contribution in [-0.4, -0.2) is 34.5 Å². The van der Waals surface area contributed by atoms with Crippen molar-refractivity contribution in [3.05, 3.63) is 53.3 Å². The third-order valence-electron chi connectivity index (χ3n) is 3.06. The first-order chi connectivity index (χ1) is 13.2. The van der Waals surface area contributed by atoms with Crippen LogP contribution in [0.5, 0.6) is 11.5 Å². The molecule has 8 nitrogen and oxygen atoms in total. The van der Waals surface area contributed by atoms with Gasteiger partial charge in [-0.2, -0.15) is 10.2 Å². The number of aromatic hydroxyl groups is 2. The molecule has 2 amide bonds. The molecule has 12 heteroatoms. The number of rotatable bonds is 4. The summed E-state index contributed by atoms with van der Waals surface area (Å²) in [6.07, 6.45) is 2.35. The molecule has 2 aromatic carbocycles. The van der Waals surface area contributed by atoms with Crippen LogP contribution < -0.4 is 10.9 Å². The molecule has 0 unspecified atom stereocenters. The average molecular weight is 642 g/mol. The molecule has 0 saturated carbocycles. The van der Waals surface area contributed by atoms with Gasteiger partial charge in [0.15, 0.2) is 0 Å². The minimum Gasteiger partial charge on any atom is -0.506 e. The van der Waals surface area contributed by atoms with E-state index in [1.165, 1.54) is 12.4 Å². The first kappa shape index (κ1) is 22.5. The number of carbonyl (C=O) groups excluding carboxylic acids is 2. The minimum atomic E-state index is -1.07. The molecular weight excluding hydrogens is 632 g/mol. The zero-order chi connectivity index (χ0) is 20.8. The van der Waals surface area contributed by atoms with Crippen molar-refractivity contribution < 1.29 is 19.8 Å². The lowest BCUT2D eigenvalue weighted by molar-refractivity contribution is -0.139. The number of amides is 2. The highest BCUT2D eigenvalue weighted by Crippen LogP contribution is 2.31. The molecule has 0 aliphatic heterocycles. The largest absolute Gasteiger partial charge is 0.506 e. The van der Waals surface area contributed by atoms with Crippen molar-refractivity contribution in [3.63, 3.8) is 0 Å². The van der Waals surface area contributed by atoms with Gasteiger partial charge in [0, 0.05) is 20.1 Å². The summed E-state index contributed by atoms with van der Waals surface area (Å²) in [6, 6.07) is 6.42. The van der Waals surface area contributed by atoms with E-state index >= 15 is 0 Å². The number of nitrogens with zero attached hydrogens (tertiary/aromatic N) is 2. The molecule has 0 heterocycles. The Bertz CT molecular complexity index is 916.